The van der Waals surface area contributed by atoms with Gasteiger partial charge in [-0.1, -0.05) is 37.3 Å². The zero-order valence-electron chi connectivity index (χ0n) is 21.0. The van der Waals surface area contributed by atoms with Gasteiger partial charge in [-0.15, -0.1) is 0 Å². The topological polar surface area (TPSA) is 48.1 Å². The molecular weight excluding hydrogens is 436 g/mol. The van der Waals surface area contributed by atoms with Crippen molar-refractivity contribution in [1.82, 2.24) is 4.90 Å². The predicted molar refractivity (Wildman–Crippen MR) is 143 cm³/mol. The second kappa shape index (κ2) is 9.27. The lowest BCUT2D eigenvalue weighted by Gasteiger charge is -2.34. The van der Waals surface area contributed by atoms with Crippen molar-refractivity contribution in [2.24, 2.45) is 0 Å². The fraction of sp³-hybridized carbons (Fsp3) is 0.345. The molecule has 0 radical (unpaired) electrons. The molecule has 35 heavy (non-hydrogen) atoms. The molecule has 1 saturated heterocycles. The smallest absolute Gasteiger partial charge is 0.410 e. The monoisotopic (exact) mass is 470 g/mol. The second-order valence-corrected chi connectivity index (χ2v) is 10.1. The highest BCUT2D eigenvalue weighted by Crippen LogP contribution is 2.52. The van der Waals surface area contributed by atoms with E-state index in [1.54, 1.807) is 0 Å². The standard InChI is InChI=1S/C29H34N4O2/c1-29-17-19-33(18-16-21-8-6-5-7-9-21)27(29)32(4)26-15-14-24(20-25(26)29)35-28(34)30-22-10-12-23(13-11-22)31(2)3/h5-15,20,27H,16-19H2,1-4H3,(H,30,34)/t27-,29-/m0/s1. The number of benzene rings is 3. The molecule has 0 bridgehead atoms. The van der Waals surface area contributed by atoms with Crippen LogP contribution in [0.2, 0.25) is 0 Å². The molecule has 1 N–H and O–H groups in total. The van der Waals surface area contributed by atoms with Crippen LogP contribution in [0.1, 0.15) is 24.5 Å². The maximum atomic E-state index is 12.6. The molecule has 0 unspecified atom stereocenters. The van der Waals surface area contributed by atoms with Gasteiger partial charge in [0.25, 0.3) is 0 Å². The number of likely N-dealkylation sites (tertiary alicyclic amines) is 1. The van der Waals surface area contributed by atoms with Crippen LogP contribution in [0.5, 0.6) is 5.75 Å². The molecule has 2 aliphatic heterocycles. The van der Waals surface area contributed by atoms with Crippen LogP contribution in [0.15, 0.2) is 72.8 Å². The van der Waals surface area contributed by atoms with Gasteiger partial charge in [-0.05, 0) is 66.4 Å². The molecule has 3 aromatic rings. The summed E-state index contributed by atoms with van der Waals surface area (Å²) in [5.74, 6) is 0.573. The van der Waals surface area contributed by atoms with Gasteiger partial charge in [0.1, 0.15) is 5.75 Å². The molecule has 2 heterocycles. The molecule has 3 aromatic carbocycles. The molecule has 5 rings (SSSR count). The zero-order valence-corrected chi connectivity index (χ0v) is 21.0. The average molecular weight is 471 g/mol. The van der Waals surface area contributed by atoms with Crippen molar-refractivity contribution in [2.75, 3.05) is 49.3 Å². The molecule has 1 amide bonds. The number of carbonyl (C=O) groups is 1. The van der Waals surface area contributed by atoms with Gasteiger partial charge in [0.2, 0.25) is 0 Å². The number of rotatable bonds is 6. The fourth-order valence-corrected chi connectivity index (χ4v) is 5.70. The van der Waals surface area contributed by atoms with Gasteiger partial charge in [0.05, 0.1) is 6.17 Å². The van der Waals surface area contributed by atoms with Crippen LogP contribution in [0.25, 0.3) is 0 Å². The summed E-state index contributed by atoms with van der Waals surface area (Å²) in [7, 11) is 6.15. The first kappa shape index (κ1) is 23.2. The molecule has 2 atom stereocenters. The van der Waals surface area contributed by atoms with E-state index in [1.807, 2.05) is 49.3 Å². The number of fused-ring (bicyclic) bond motifs is 3. The van der Waals surface area contributed by atoms with Gasteiger partial charge in [0.15, 0.2) is 0 Å². The Bertz CT molecular complexity index is 1200. The van der Waals surface area contributed by atoms with Crippen molar-refractivity contribution in [1.29, 1.82) is 0 Å². The van der Waals surface area contributed by atoms with Crippen LogP contribution in [-0.2, 0) is 11.8 Å². The Balaban J connectivity index is 1.27. The number of amides is 1. The van der Waals surface area contributed by atoms with Crippen LogP contribution in [0, 0.1) is 0 Å². The molecule has 6 heteroatoms. The number of hydrogen-bond donors (Lipinski definition) is 1. The van der Waals surface area contributed by atoms with Gasteiger partial charge in [-0.25, -0.2) is 4.79 Å². The summed E-state index contributed by atoms with van der Waals surface area (Å²) in [6, 6.07) is 24.4. The Morgan fingerprint density at radius 1 is 1.09 bits per heavy atom. The Morgan fingerprint density at radius 2 is 1.83 bits per heavy atom. The summed E-state index contributed by atoms with van der Waals surface area (Å²) in [5.41, 5.74) is 5.62. The predicted octanol–water partition coefficient (Wildman–Crippen LogP) is 5.35. The third kappa shape index (κ3) is 4.46. The Hall–Kier alpha value is -3.51. The number of hydrogen-bond acceptors (Lipinski definition) is 5. The van der Waals surface area contributed by atoms with Crippen LogP contribution < -0.4 is 19.9 Å². The minimum absolute atomic E-state index is 0.00136. The highest BCUT2D eigenvalue weighted by molar-refractivity contribution is 5.86. The molecule has 1 fully saturated rings. The summed E-state index contributed by atoms with van der Waals surface area (Å²) in [6.07, 6.45) is 1.95. The lowest BCUT2D eigenvalue weighted by atomic mass is 9.81. The number of likely N-dealkylation sites (N-methyl/N-ethyl adjacent to an activating group) is 1. The number of anilines is 3. The summed E-state index contributed by atoms with van der Waals surface area (Å²) < 4.78 is 5.69. The normalized spacial score (nSPS) is 20.9. The first-order chi connectivity index (χ1) is 16.8. The largest absolute Gasteiger partial charge is 0.417 e. The van der Waals surface area contributed by atoms with E-state index >= 15 is 0 Å². The molecule has 6 nitrogen and oxygen atoms in total. The number of ether oxygens (including phenoxy) is 1. The van der Waals surface area contributed by atoms with Gasteiger partial charge in [-0.2, -0.15) is 0 Å². The highest BCUT2D eigenvalue weighted by atomic mass is 16.6. The van der Waals surface area contributed by atoms with Crippen molar-refractivity contribution in [3.63, 3.8) is 0 Å². The van der Waals surface area contributed by atoms with E-state index in [0.717, 1.165) is 31.6 Å². The molecule has 2 aliphatic rings. The van der Waals surface area contributed by atoms with Crippen LogP contribution in [0.4, 0.5) is 21.9 Å². The quantitative estimate of drug-likeness (QED) is 0.527. The molecule has 182 valence electrons. The minimum atomic E-state index is -0.480. The third-order valence-electron chi connectivity index (χ3n) is 7.54. The van der Waals surface area contributed by atoms with E-state index < -0.39 is 6.09 Å². The lowest BCUT2D eigenvalue weighted by Crippen LogP contribution is -2.47. The highest BCUT2D eigenvalue weighted by Gasteiger charge is 2.53. The van der Waals surface area contributed by atoms with Gasteiger partial charge >= 0.3 is 6.09 Å². The Kier molecular flexibility index (Phi) is 6.15. The van der Waals surface area contributed by atoms with Crippen LogP contribution >= 0.6 is 0 Å². The molecule has 0 spiro atoms. The SMILES string of the molecule is CN(C)c1ccc(NC(=O)Oc2ccc3c(c2)[C@]2(C)CCN(CCc4ccccc4)[C@@H]2N3C)cc1. The van der Waals surface area contributed by atoms with E-state index in [2.05, 4.69) is 71.6 Å². The van der Waals surface area contributed by atoms with Gasteiger partial charge < -0.3 is 14.5 Å². The van der Waals surface area contributed by atoms with Crippen LogP contribution in [-0.4, -0.2) is 51.4 Å². The first-order valence-corrected chi connectivity index (χ1v) is 12.3. The summed E-state index contributed by atoms with van der Waals surface area (Å²) in [6.45, 7) is 4.44. The number of nitrogens with zero attached hydrogens (tertiary/aromatic N) is 3. The van der Waals surface area contributed by atoms with E-state index in [1.165, 1.54) is 16.8 Å². The maximum Gasteiger partial charge on any atom is 0.417 e. The van der Waals surface area contributed by atoms with E-state index in [-0.39, 0.29) is 5.41 Å². The summed E-state index contributed by atoms with van der Waals surface area (Å²) >= 11 is 0. The fourth-order valence-electron chi connectivity index (χ4n) is 5.70. The van der Waals surface area contributed by atoms with Crippen molar-refractivity contribution in [3.05, 3.63) is 83.9 Å². The number of nitrogens with one attached hydrogen (secondary N) is 1. The Labute approximate surface area is 208 Å². The van der Waals surface area contributed by atoms with Crippen molar-refractivity contribution in [3.8, 4) is 5.75 Å². The zero-order chi connectivity index (χ0) is 24.6. The van der Waals surface area contributed by atoms with Crippen molar-refractivity contribution < 1.29 is 9.53 Å². The Morgan fingerprint density at radius 3 is 2.54 bits per heavy atom. The summed E-state index contributed by atoms with van der Waals surface area (Å²) in [5, 5.41) is 2.83. The van der Waals surface area contributed by atoms with Crippen LogP contribution in [0.3, 0.4) is 0 Å². The molecule has 0 saturated carbocycles. The minimum Gasteiger partial charge on any atom is -0.410 e. The van der Waals surface area contributed by atoms with E-state index in [9.17, 15) is 4.79 Å². The van der Waals surface area contributed by atoms with Gasteiger partial charge in [-0.3, -0.25) is 10.2 Å². The first-order valence-electron chi connectivity index (χ1n) is 12.3. The molecule has 0 aliphatic carbocycles. The third-order valence-corrected chi connectivity index (χ3v) is 7.54. The van der Waals surface area contributed by atoms with Crippen molar-refractivity contribution >= 4 is 23.2 Å². The lowest BCUT2D eigenvalue weighted by molar-refractivity contribution is 0.215. The van der Waals surface area contributed by atoms with E-state index in [4.69, 9.17) is 4.74 Å². The van der Waals surface area contributed by atoms with Gasteiger partial charge in [0, 0.05) is 56.7 Å². The average Bonchev–Trinajstić information content (AvgIpc) is 3.30. The second-order valence-electron chi connectivity index (χ2n) is 10.1. The summed E-state index contributed by atoms with van der Waals surface area (Å²) in [4.78, 5) is 19.6. The molecular formula is C29H34N4O2. The van der Waals surface area contributed by atoms with Crippen molar-refractivity contribution in [2.45, 2.75) is 31.3 Å². The van der Waals surface area contributed by atoms with E-state index in [0.29, 0.717) is 17.6 Å². The maximum absolute atomic E-state index is 12.6. The molecule has 0 aromatic heterocycles. The number of carbonyl (C=O) groups excluding carboxylic acids is 1.